The summed E-state index contributed by atoms with van der Waals surface area (Å²) >= 11 is 0. The molecular formula is C27H39N3O4. The summed E-state index contributed by atoms with van der Waals surface area (Å²) in [5, 5.41) is 8.54. The average Bonchev–Trinajstić information content (AvgIpc) is 2.70. The van der Waals surface area contributed by atoms with Gasteiger partial charge >= 0.3 is 6.09 Å². The van der Waals surface area contributed by atoms with Gasteiger partial charge in [-0.1, -0.05) is 12.1 Å². The molecule has 4 saturated carbocycles. The van der Waals surface area contributed by atoms with Crippen molar-refractivity contribution in [3.05, 3.63) is 29.8 Å². The minimum atomic E-state index is -0.572. The molecular weight excluding hydrogens is 430 g/mol. The summed E-state index contributed by atoms with van der Waals surface area (Å²) in [7, 11) is 0. The van der Waals surface area contributed by atoms with E-state index in [9.17, 15) is 14.4 Å². The molecule has 3 N–H and O–H groups in total. The number of benzene rings is 1. The molecule has 0 unspecified atom stereocenters. The van der Waals surface area contributed by atoms with Crippen LogP contribution >= 0.6 is 0 Å². The molecule has 186 valence electrons. The monoisotopic (exact) mass is 469 g/mol. The summed E-state index contributed by atoms with van der Waals surface area (Å²) in [6, 6.07) is 7.52. The first kappa shape index (κ1) is 24.6. The van der Waals surface area contributed by atoms with Gasteiger partial charge in [-0.15, -0.1) is 0 Å². The van der Waals surface area contributed by atoms with E-state index in [0.717, 1.165) is 23.3 Å². The van der Waals surface area contributed by atoms with E-state index >= 15 is 0 Å². The van der Waals surface area contributed by atoms with Crippen LogP contribution < -0.4 is 16.0 Å². The van der Waals surface area contributed by atoms with E-state index in [0.29, 0.717) is 18.7 Å². The zero-order chi connectivity index (χ0) is 24.3. The van der Waals surface area contributed by atoms with Crippen LogP contribution in [0.15, 0.2) is 24.3 Å². The minimum absolute atomic E-state index is 0.143. The van der Waals surface area contributed by atoms with Crippen LogP contribution in [-0.4, -0.2) is 30.1 Å². The first-order chi connectivity index (χ1) is 16.1. The van der Waals surface area contributed by atoms with Crippen LogP contribution in [0.5, 0.6) is 0 Å². The first-order valence-electron chi connectivity index (χ1n) is 12.7. The molecule has 4 aliphatic carbocycles. The Hall–Kier alpha value is -2.57. The van der Waals surface area contributed by atoms with Crippen molar-refractivity contribution in [1.82, 2.24) is 10.6 Å². The number of alkyl carbamates (subject to hydrolysis) is 1. The molecule has 1 aromatic rings. The molecule has 0 aliphatic heterocycles. The van der Waals surface area contributed by atoms with Gasteiger partial charge in [0, 0.05) is 31.6 Å². The van der Waals surface area contributed by atoms with Crippen LogP contribution in [0.4, 0.5) is 10.5 Å². The Morgan fingerprint density at radius 3 is 2.24 bits per heavy atom. The highest BCUT2D eigenvalue weighted by Crippen LogP contribution is 2.61. The van der Waals surface area contributed by atoms with Crippen LogP contribution in [0.3, 0.4) is 0 Å². The van der Waals surface area contributed by atoms with Crippen LogP contribution in [0.1, 0.15) is 77.7 Å². The Labute approximate surface area is 202 Å². The molecule has 0 atom stereocenters. The molecule has 0 aromatic heterocycles. The fraction of sp³-hybridized carbons (Fsp3) is 0.667. The number of hydrogen-bond donors (Lipinski definition) is 3. The number of anilines is 1. The van der Waals surface area contributed by atoms with Crippen molar-refractivity contribution in [2.75, 3.05) is 11.9 Å². The Kier molecular flexibility index (Phi) is 7.20. The van der Waals surface area contributed by atoms with E-state index < -0.39 is 11.7 Å². The molecule has 0 saturated heterocycles. The lowest BCUT2D eigenvalue weighted by Crippen LogP contribution is -2.47. The third kappa shape index (κ3) is 6.73. The van der Waals surface area contributed by atoms with E-state index in [1.165, 1.54) is 38.5 Å². The number of ether oxygens (including phenoxy) is 1. The van der Waals surface area contributed by atoms with Crippen molar-refractivity contribution >= 4 is 23.6 Å². The fourth-order valence-electron chi connectivity index (χ4n) is 6.69. The summed E-state index contributed by atoms with van der Waals surface area (Å²) in [5.41, 5.74) is 1.29. The number of nitrogens with one attached hydrogen (secondary N) is 3. The summed E-state index contributed by atoms with van der Waals surface area (Å²) in [4.78, 5) is 36.7. The molecule has 1 aromatic carbocycles. The molecule has 7 heteroatoms. The van der Waals surface area contributed by atoms with Crippen molar-refractivity contribution in [2.45, 2.75) is 84.3 Å². The quantitative estimate of drug-likeness (QED) is 0.511. The van der Waals surface area contributed by atoms with E-state index in [1.54, 1.807) is 20.8 Å². The van der Waals surface area contributed by atoms with Gasteiger partial charge < -0.3 is 20.7 Å². The third-order valence-electron chi connectivity index (χ3n) is 7.42. The normalized spacial score (nSPS) is 27.2. The maximum Gasteiger partial charge on any atom is 0.407 e. The van der Waals surface area contributed by atoms with Crippen LogP contribution in [0.2, 0.25) is 0 Å². The van der Waals surface area contributed by atoms with Gasteiger partial charge in [0.05, 0.1) is 0 Å². The van der Waals surface area contributed by atoms with Crippen LogP contribution in [0, 0.1) is 23.2 Å². The second kappa shape index (κ2) is 9.96. The molecule has 4 fully saturated rings. The van der Waals surface area contributed by atoms with Crippen molar-refractivity contribution < 1.29 is 19.1 Å². The van der Waals surface area contributed by atoms with Gasteiger partial charge in [0.1, 0.15) is 5.60 Å². The lowest BCUT2D eigenvalue weighted by molar-refractivity contribution is -0.129. The lowest BCUT2D eigenvalue weighted by atomic mass is 9.49. The predicted octanol–water partition coefficient (Wildman–Crippen LogP) is 4.76. The number of hydrogen-bond acceptors (Lipinski definition) is 4. The number of carbonyl (C=O) groups excluding carboxylic acids is 3. The van der Waals surface area contributed by atoms with E-state index in [2.05, 4.69) is 16.0 Å². The van der Waals surface area contributed by atoms with E-state index in [-0.39, 0.29) is 30.2 Å². The zero-order valence-corrected chi connectivity index (χ0v) is 20.7. The van der Waals surface area contributed by atoms with Crippen molar-refractivity contribution in [3.8, 4) is 0 Å². The number of rotatable bonds is 8. The Morgan fingerprint density at radius 1 is 0.971 bits per heavy atom. The predicted molar refractivity (Wildman–Crippen MR) is 131 cm³/mol. The maximum atomic E-state index is 12.8. The topological polar surface area (TPSA) is 96.5 Å². The highest BCUT2D eigenvalue weighted by Gasteiger charge is 2.51. The molecule has 0 radical (unpaired) electrons. The number of amides is 3. The SMILES string of the molecule is CC(C)(C)OC(=O)NCCC(=O)Nc1cccc(CNC(=O)CC23CC4CC(CC(C4)C2)C3)c1. The molecule has 34 heavy (non-hydrogen) atoms. The summed E-state index contributed by atoms with van der Waals surface area (Å²) in [5.74, 6) is 2.49. The molecule has 4 aliphatic rings. The Bertz CT molecular complexity index is 885. The second-order valence-electron chi connectivity index (χ2n) is 11.8. The van der Waals surface area contributed by atoms with Gasteiger partial charge in [0.2, 0.25) is 11.8 Å². The largest absolute Gasteiger partial charge is 0.444 e. The summed E-state index contributed by atoms with van der Waals surface area (Å²) in [6.45, 7) is 6.02. The third-order valence-corrected chi connectivity index (χ3v) is 7.42. The standard InChI is InChI=1S/C27H39N3O4/c1-26(2,3)34-25(33)28-8-7-23(31)30-22-6-4-5-18(12-22)17-29-24(32)16-27-13-19-9-20(14-27)11-21(10-19)15-27/h4-6,12,19-21H,7-11,13-17H2,1-3H3,(H,28,33)(H,29,32)(H,30,31). The van der Waals surface area contributed by atoms with Crippen LogP contribution in [0.25, 0.3) is 0 Å². The highest BCUT2D eigenvalue weighted by atomic mass is 16.6. The highest BCUT2D eigenvalue weighted by molar-refractivity contribution is 5.91. The van der Waals surface area contributed by atoms with E-state index in [1.807, 2.05) is 24.3 Å². The van der Waals surface area contributed by atoms with Crippen molar-refractivity contribution in [1.29, 1.82) is 0 Å². The number of carbonyl (C=O) groups is 3. The van der Waals surface area contributed by atoms with Crippen molar-refractivity contribution in [3.63, 3.8) is 0 Å². The molecule has 0 spiro atoms. The first-order valence-corrected chi connectivity index (χ1v) is 12.7. The zero-order valence-electron chi connectivity index (χ0n) is 20.7. The van der Waals surface area contributed by atoms with Gasteiger partial charge in [-0.3, -0.25) is 9.59 Å². The second-order valence-corrected chi connectivity index (χ2v) is 11.8. The van der Waals surface area contributed by atoms with E-state index in [4.69, 9.17) is 4.74 Å². The molecule has 7 nitrogen and oxygen atoms in total. The molecule has 4 bridgehead atoms. The van der Waals surface area contributed by atoms with Gasteiger partial charge in [-0.25, -0.2) is 4.79 Å². The molecule has 3 amide bonds. The lowest BCUT2D eigenvalue weighted by Gasteiger charge is -2.56. The maximum absolute atomic E-state index is 12.8. The van der Waals surface area contributed by atoms with Gasteiger partial charge in [0.25, 0.3) is 0 Å². The van der Waals surface area contributed by atoms with Gasteiger partial charge in [0.15, 0.2) is 0 Å². The fourth-order valence-corrected chi connectivity index (χ4v) is 6.69. The molecule has 0 heterocycles. The average molecular weight is 470 g/mol. The van der Waals surface area contributed by atoms with Crippen LogP contribution in [-0.2, 0) is 20.9 Å². The minimum Gasteiger partial charge on any atom is -0.444 e. The van der Waals surface area contributed by atoms with Gasteiger partial charge in [-0.05, 0) is 100 Å². The van der Waals surface area contributed by atoms with Crippen molar-refractivity contribution in [2.24, 2.45) is 23.2 Å². The smallest absolute Gasteiger partial charge is 0.407 e. The van der Waals surface area contributed by atoms with Gasteiger partial charge in [-0.2, -0.15) is 0 Å². The Morgan fingerprint density at radius 2 is 1.62 bits per heavy atom. The summed E-state index contributed by atoms with van der Waals surface area (Å²) in [6.07, 6.45) is 8.11. The molecule has 5 rings (SSSR count). The summed E-state index contributed by atoms with van der Waals surface area (Å²) < 4.78 is 5.16. The Balaban J connectivity index is 1.20.